The van der Waals surface area contributed by atoms with Gasteiger partial charge in [0.15, 0.2) is 11.9 Å². The van der Waals surface area contributed by atoms with Crippen LogP contribution in [0.4, 0.5) is 13.2 Å². The summed E-state index contributed by atoms with van der Waals surface area (Å²) in [6.45, 7) is 1.28. The van der Waals surface area contributed by atoms with Crippen molar-refractivity contribution in [1.82, 2.24) is 14.8 Å². The van der Waals surface area contributed by atoms with Gasteiger partial charge in [-0.1, -0.05) is 54.6 Å². The highest BCUT2D eigenvalue weighted by molar-refractivity contribution is 8.00. The number of benzene rings is 4. The number of carbonyl (C=O) groups excluding carboxylic acids is 1. The fourth-order valence-electron chi connectivity index (χ4n) is 6.21. The quantitative estimate of drug-likeness (QED) is 0.0659. The lowest BCUT2D eigenvalue weighted by Gasteiger charge is -2.40. The Morgan fingerprint density at radius 2 is 1.86 bits per heavy atom. The Hall–Kier alpha value is -5.11. The van der Waals surface area contributed by atoms with E-state index in [1.165, 1.54) is 59.4 Å². The first-order valence-corrected chi connectivity index (χ1v) is 19.5. The van der Waals surface area contributed by atoms with Gasteiger partial charge in [0.1, 0.15) is 30.1 Å². The van der Waals surface area contributed by atoms with Crippen molar-refractivity contribution in [1.29, 1.82) is 5.26 Å². The summed E-state index contributed by atoms with van der Waals surface area (Å²) in [7, 11) is -4.88. The fraction of sp³-hybridized carbons (Fsp3) is 0.231. The number of esters is 1. The van der Waals surface area contributed by atoms with E-state index < -0.39 is 55.0 Å². The summed E-state index contributed by atoms with van der Waals surface area (Å²) in [6.07, 6.45) is 8.30. The summed E-state index contributed by atoms with van der Waals surface area (Å²) in [5.41, 5.74) is -1.21. The van der Waals surface area contributed by atoms with E-state index in [0.717, 1.165) is 12.1 Å². The summed E-state index contributed by atoms with van der Waals surface area (Å²) in [6, 6.07) is 18.7. The Morgan fingerprint density at radius 3 is 2.54 bits per heavy atom. The van der Waals surface area contributed by atoms with Crippen molar-refractivity contribution in [2.75, 3.05) is 13.2 Å². The van der Waals surface area contributed by atoms with Crippen LogP contribution < -0.4 is 0 Å². The Bertz CT molecular complexity index is 2340. The number of allylic oxidation sites excluding steroid dienone is 2. The first-order chi connectivity index (χ1) is 26.8. The average Bonchev–Trinajstić information content (AvgIpc) is 3.68. The predicted octanol–water partition coefficient (Wildman–Crippen LogP) is 7.21. The summed E-state index contributed by atoms with van der Waals surface area (Å²) in [5.74, 6) is -3.27. The summed E-state index contributed by atoms with van der Waals surface area (Å²) in [5, 5.41) is 12.8. The van der Waals surface area contributed by atoms with Gasteiger partial charge in [0.25, 0.3) is 0 Å². The number of hydrogen-bond acceptors (Lipinski definition) is 10. The van der Waals surface area contributed by atoms with Gasteiger partial charge in [-0.3, -0.25) is 4.52 Å². The van der Waals surface area contributed by atoms with Gasteiger partial charge in [0.2, 0.25) is 0 Å². The topological polar surface area (TPSA) is 166 Å². The van der Waals surface area contributed by atoms with Gasteiger partial charge >= 0.3 is 13.8 Å². The van der Waals surface area contributed by atoms with Crippen molar-refractivity contribution in [2.45, 2.75) is 42.5 Å². The summed E-state index contributed by atoms with van der Waals surface area (Å²) < 4.78 is 80.5. The smallest absolute Gasteiger partial charge is 0.447 e. The molecular weight excluding hydrogens is 772 g/mol. The van der Waals surface area contributed by atoms with E-state index in [1.54, 1.807) is 55.5 Å². The van der Waals surface area contributed by atoms with E-state index in [-0.39, 0.29) is 47.3 Å². The molecular formula is C39H34F3N4O8PS. The molecule has 0 unspecified atom stereocenters. The number of phosphoric ester groups is 1. The number of phosphoric acid groups is 1. The molecule has 2 atom stereocenters. The Kier molecular flexibility index (Phi) is 12.9. The molecule has 6 rings (SSSR count). The third-order valence-electron chi connectivity index (χ3n) is 8.86. The van der Waals surface area contributed by atoms with Crippen molar-refractivity contribution in [2.24, 2.45) is 0 Å². The van der Waals surface area contributed by atoms with Crippen molar-refractivity contribution >= 4 is 42.4 Å². The van der Waals surface area contributed by atoms with E-state index in [1.807, 2.05) is 6.07 Å². The van der Waals surface area contributed by atoms with Gasteiger partial charge in [-0.05, 0) is 54.3 Å². The molecule has 1 aliphatic rings. The molecule has 0 bridgehead atoms. The number of ether oxygens (including phenoxy) is 3. The number of halogens is 3. The molecule has 290 valence electrons. The molecule has 0 spiro atoms. The first-order valence-electron chi connectivity index (χ1n) is 17.0. The van der Waals surface area contributed by atoms with E-state index >= 15 is 4.39 Å². The number of carbonyl (C=O) groups is 1. The molecule has 1 aliphatic heterocycles. The number of nitrogens with zero attached hydrogens (tertiary/aromatic N) is 4. The van der Waals surface area contributed by atoms with E-state index in [2.05, 4.69) is 10.1 Å². The third kappa shape index (κ3) is 9.81. The van der Waals surface area contributed by atoms with Crippen LogP contribution in [-0.2, 0) is 42.1 Å². The van der Waals surface area contributed by atoms with Crippen LogP contribution in [0, 0.1) is 28.8 Å². The molecule has 4 aromatic carbocycles. The highest BCUT2D eigenvalue weighted by Crippen LogP contribution is 2.43. The van der Waals surface area contributed by atoms with Crippen LogP contribution in [-0.4, -0.2) is 60.5 Å². The molecule has 2 heterocycles. The SMILES string of the molecule is C[C@@H](SC1COC(/C=C/C=C/c2ccc(C#N)cc2F)OC1)[C@@](Cn1cncn1)(OC(=O)c1cccc2cccc(COP(=O)(O)O)c12)c1ccc(F)cc1F. The van der Waals surface area contributed by atoms with Crippen LogP contribution in [0.1, 0.15) is 39.5 Å². The van der Waals surface area contributed by atoms with Crippen molar-refractivity contribution < 1.29 is 51.1 Å². The normalized spacial score (nSPS) is 17.9. The number of nitriles is 1. The minimum Gasteiger partial charge on any atom is -0.447 e. The molecule has 12 nitrogen and oxygen atoms in total. The molecule has 0 aliphatic carbocycles. The fourth-order valence-corrected chi connectivity index (χ4v) is 7.88. The number of fused-ring (bicyclic) bond motifs is 1. The van der Waals surface area contributed by atoms with E-state index in [9.17, 15) is 27.9 Å². The zero-order valence-electron chi connectivity index (χ0n) is 29.6. The van der Waals surface area contributed by atoms with Gasteiger partial charge in [0.05, 0.1) is 48.8 Å². The number of rotatable bonds is 14. The van der Waals surface area contributed by atoms with Crippen molar-refractivity contribution in [3.05, 3.63) is 149 Å². The van der Waals surface area contributed by atoms with Gasteiger partial charge < -0.3 is 24.0 Å². The Labute approximate surface area is 323 Å². The predicted molar refractivity (Wildman–Crippen MR) is 200 cm³/mol. The second-order valence-corrected chi connectivity index (χ2v) is 15.5. The molecule has 0 amide bonds. The standard InChI is InChI=1S/C39H34F3N4O8PS/c1-25(56-31-20-51-36(52-21-31)11-3-2-6-27-13-12-26(18-43)16-34(27)41)39(22-46-24-44-23-45-46,33-15-14-30(40)17-35(33)42)54-38(47)32-10-5-8-28-7-4-9-29(37(28)32)19-53-55(48,49)50/h2-17,23-25,31,36H,19-22H2,1H3,(H2,48,49,50)/b6-2+,11-3+/t25-,31?,36?,39-/m1/s1. The zero-order chi connectivity index (χ0) is 39.9. The van der Waals surface area contributed by atoms with E-state index in [4.69, 9.17) is 24.0 Å². The summed E-state index contributed by atoms with van der Waals surface area (Å²) >= 11 is 1.29. The minimum absolute atomic E-state index is 0.00466. The van der Waals surface area contributed by atoms with Gasteiger partial charge in [-0.2, -0.15) is 10.4 Å². The van der Waals surface area contributed by atoms with Crippen LogP contribution in [0.5, 0.6) is 0 Å². The number of hydrogen-bond donors (Lipinski definition) is 2. The maximum Gasteiger partial charge on any atom is 0.469 e. The van der Waals surface area contributed by atoms with Crippen LogP contribution in [0.3, 0.4) is 0 Å². The zero-order valence-corrected chi connectivity index (χ0v) is 31.3. The molecule has 5 aromatic rings. The second kappa shape index (κ2) is 17.8. The largest absolute Gasteiger partial charge is 0.469 e. The van der Waals surface area contributed by atoms with Gasteiger partial charge in [0, 0.05) is 27.8 Å². The lowest BCUT2D eigenvalue weighted by atomic mass is 9.89. The monoisotopic (exact) mass is 806 g/mol. The number of aromatic nitrogens is 3. The lowest BCUT2D eigenvalue weighted by Crippen LogP contribution is -2.47. The third-order valence-corrected chi connectivity index (χ3v) is 10.8. The molecule has 1 fully saturated rings. The highest BCUT2D eigenvalue weighted by atomic mass is 32.2. The van der Waals surface area contributed by atoms with Crippen LogP contribution in [0.15, 0.2) is 104 Å². The van der Waals surface area contributed by atoms with Gasteiger partial charge in [-0.15, -0.1) is 11.8 Å². The Morgan fingerprint density at radius 1 is 1.09 bits per heavy atom. The molecule has 1 saturated heterocycles. The number of thioether (sulfide) groups is 1. The van der Waals surface area contributed by atoms with Gasteiger partial charge in [-0.25, -0.2) is 32.2 Å². The minimum atomic E-state index is -4.88. The lowest BCUT2D eigenvalue weighted by molar-refractivity contribution is -0.146. The van der Waals surface area contributed by atoms with Crippen LogP contribution >= 0.6 is 19.6 Å². The average molecular weight is 807 g/mol. The molecule has 17 heteroatoms. The first kappa shape index (κ1) is 40.6. The maximum absolute atomic E-state index is 16.0. The van der Waals surface area contributed by atoms with E-state index in [0.29, 0.717) is 22.4 Å². The van der Waals surface area contributed by atoms with Crippen molar-refractivity contribution in [3.63, 3.8) is 0 Å². The maximum atomic E-state index is 16.0. The molecule has 0 saturated carbocycles. The second-order valence-electron chi connectivity index (χ2n) is 12.6. The summed E-state index contributed by atoms with van der Waals surface area (Å²) in [4.78, 5) is 37.2. The Balaban J connectivity index is 1.27. The van der Waals surface area contributed by atoms with Crippen LogP contribution in [0.2, 0.25) is 0 Å². The van der Waals surface area contributed by atoms with Crippen molar-refractivity contribution in [3.8, 4) is 6.07 Å². The molecule has 56 heavy (non-hydrogen) atoms. The van der Waals surface area contributed by atoms with Crippen LogP contribution in [0.25, 0.3) is 16.8 Å². The highest BCUT2D eigenvalue weighted by Gasteiger charge is 2.47. The molecule has 0 radical (unpaired) electrons. The molecule has 2 N–H and O–H groups in total. The molecule has 1 aromatic heterocycles.